The van der Waals surface area contributed by atoms with Crippen LogP contribution in [0.1, 0.15) is 25.7 Å². The molecule has 8 heteroatoms. The summed E-state index contributed by atoms with van der Waals surface area (Å²) in [6, 6.07) is 2.25. The summed E-state index contributed by atoms with van der Waals surface area (Å²) < 4.78 is 46.7. The van der Waals surface area contributed by atoms with Gasteiger partial charge in [0.2, 0.25) is 10.0 Å². The largest absolute Gasteiger partial charge is 0.495 e. The molecular weight excluding hydrogens is 363 g/mol. The zero-order chi connectivity index (χ0) is 15.7. The highest BCUT2D eigenvalue weighted by Gasteiger charge is 2.37. The topological polar surface area (TPSA) is 81.4 Å². The molecule has 118 valence electrons. The highest BCUT2D eigenvalue weighted by atomic mass is 79.9. The van der Waals surface area contributed by atoms with Crippen LogP contribution in [0.2, 0.25) is 0 Å². The fourth-order valence-electron chi connectivity index (χ4n) is 2.62. The summed E-state index contributed by atoms with van der Waals surface area (Å²) in [5, 5.41) is 0. The minimum absolute atomic E-state index is 0.0842. The first-order valence-electron chi connectivity index (χ1n) is 6.61. The van der Waals surface area contributed by atoms with E-state index in [0.717, 1.165) is 18.9 Å². The molecule has 0 amide bonds. The summed E-state index contributed by atoms with van der Waals surface area (Å²) in [6.45, 7) is 0.216. The predicted octanol–water partition coefficient (Wildman–Crippen LogP) is 2.15. The smallest absolute Gasteiger partial charge is 0.244 e. The van der Waals surface area contributed by atoms with E-state index in [1.165, 1.54) is 13.2 Å². The van der Waals surface area contributed by atoms with Crippen LogP contribution in [-0.2, 0) is 10.0 Å². The van der Waals surface area contributed by atoms with E-state index in [1.807, 2.05) is 0 Å². The molecule has 0 atom stereocenters. The number of rotatable bonds is 5. The maximum absolute atomic E-state index is 13.7. The molecule has 1 aliphatic rings. The lowest BCUT2D eigenvalue weighted by Gasteiger charge is -2.28. The second kappa shape index (κ2) is 6.20. The van der Waals surface area contributed by atoms with E-state index >= 15 is 0 Å². The third-order valence-electron chi connectivity index (χ3n) is 3.80. The normalized spacial score (nSPS) is 17.9. The molecule has 1 aliphatic carbocycles. The lowest BCUT2D eigenvalue weighted by molar-refractivity contribution is 0.387. The van der Waals surface area contributed by atoms with E-state index in [1.54, 1.807) is 0 Å². The van der Waals surface area contributed by atoms with Gasteiger partial charge in [-0.3, -0.25) is 0 Å². The first kappa shape index (κ1) is 16.7. The van der Waals surface area contributed by atoms with Crippen LogP contribution < -0.4 is 15.2 Å². The van der Waals surface area contributed by atoms with Crippen molar-refractivity contribution >= 4 is 26.0 Å². The van der Waals surface area contributed by atoms with E-state index in [2.05, 4.69) is 20.7 Å². The van der Waals surface area contributed by atoms with Crippen molar-refractivity contribution in [1.29, 1.82) is 0 Å². The molecule has 1 aromatic carbocycles. The third-order valence-corrected chi connectivity index (χ3v) is 6.01. The molecule has 2 rings (SSSR count). The van der Waals surface area contributed by atoms with Crippen molar-refractivity contribution in [2.24, 2.45) is 5.73 Å². The molecule has 5 nitrogen and oxygen atoms in total. The lowest BCUT2D eigenvalue weighted by Crippen LogP contribution is -2.51. The minimum Gasteiger partial charge on any atom is -0.495 e. The Morgan fingerprint density at radius 1 is 1.43 bits per heavy atom. The van der Waals surface area contributed by atoms with Crippen LogP contribution in [-0.4, -0.2) is 27.6 Å². The standard InChI is InChI=1S/C13H18BrFN2O3S/c1-20-11-6-9(14)10(15)7-12(11)21(18,19)17-13(8-16)4-2-3-5-13/h6-7,17H,2-5,8,16H2,1H3. The Kier molecular flexibility index (Phi) is 4.92. The van der Waals surface area contributed by atoms with E-state index in [4.69, 9.17) is 10.5 Å². The molecule has 1 aromatic rings. The summed E-state index contributed by atoms with van der Waals surface area (Å²) in [5.74, 6) is -0.578. The van der Waals surface area contributed by atoms with Gasteiger partial charge in [-0.2, -0.15) is 0 Å². The Morgan fingerprint density at radius 3 is 2.57 bits per heavy atom. The summed E-state index contributed by atoms with van der Waals surface area (Å²) >= 11 is 3.01. The van der Waals surface area contributed by atoms with E-state index < -0.39 is 21.4 Å². The molecule has 0 heterocycles. The third kappa shape index (κ3) is 3.39. The van der Waals surface area contributed by atoms with Crippen molar-refractivity contribution < 1.29 is 17.5 Å². The summed E-state index contributed by atoms with van der Waals surface area (Å²) in [5.41, 5.74) is 5.09. The van der Waals surface area contributed by atoms with Gasteiger partial charge < -0.3 is 10.5 Å². The lowest BCUT2D eigenvalue weighted by atomic mass is 10.0. The van der Waals surface area contributed by atoms with Crippen molar-refractivity contribution in [1.82, 2.24) is 4.72 Å². The molecule has 0 radical (unpaired) electrons. The van der Waals surface area contributed by atoms with Gasteiger partial charge in [-0.15, -0.1) is 0 Å². The van der Waals surface area contributed by atoms with Gasteiger partial charge in [-0.05, 0) is 40.9 Å². The number of sulfonamides is 1. The fraction of sp³-hybridized carbons (Fsp3) is 0.538. The van der Waals surface area contributed by atoms with Crippen molar-refractivity contribution in [3.05, 3.63) is 22.4 Å². The van der Waals surface area contributed by atoms with Crippen molar-refractivity contribution in [2.45, 2.75) is 36.1 Å². The Morgan fingerprint density at radius 2 is 2.05 bits per heavy atom. The number of nitrogens with two attached hydrogens (primary N) is 1. The number of nitrogens with one attached hydrogen (secondary N) is 1. The van der Waals surface area contributed by atoms with Crippen molar-refractivity contribution in [2.75, 3.05) is 13.7 Å². The zero-order valence-corrected chi connectivity index (χ0v) is 14.1. The average molecular weight is 381 g/mol. The van der Waals surface area contributed by atoms with Crippen LogP contribution in [0.25, 0.3) is 0 Å². The van der Waals surface area contributed by atoms with Crippen LogP contribution in [0.3, 0.4) is 0 Å². The quantitative estimate of drug-likeness (QED) is 0.819. The first-order valence-corrected chi connectivity index (χ1v) is 8.88. The Hall–Kier alpha value is -0.700. The SMILES string of the molecule is COc1cc(Br)c(F)cc1S(=O)(=O)NC1(CN)CCCC1. The average Bonchev–Trinajstić information content (AvgIpc) is 2.89. The second-order valence-electron chi connectivity index (χ2n) is 5.21. The van der Waals surface area contributed by atoms with Crippen molar-refractivity contribution in [3.63, 3.8) is 0 Å². The van der Waals surface area contributed by atoms with Crippen LogP contribution in [0, 0.1) is 5.82 Å². The molecule has 0 spiro atoms. The highest BCUT2D eigenvalue weighted by Crippen LogP contribution is 2.34. The van der Waals surface area contributed by atoms with Gasteiger partial charge in [0.05, 0.1) is 11.6 Å². The molecule has 0 unspecified atom stereocenters. The summed E-state index contributed by atoms with van der Waals surface area (Å²) in [4.78, 5) is -0.217. The van der Waals surface area contributed by atoms with Gasteiger partial charge in [0.1, 0.15) is 16.5 Å². The molecule has 1 fully saturated rings. The molecule has 0 aliphatic heterocycles. The van der Waals surface area contributed by atoms with Crippen LogP contribution in [0.5, 0.6) is 5.75 Å². The highest BCUT2D eigenvalue weighted by molar-refractivity contribution is 9.10. The molecule has 1 saturated carbocycles. The van der Waals surface area contributed by atoms with Gasteiger partial charge in [0, 0.05) is 12.1 Å². The minimum atomic E-state index is -3.91. The van der Waals surface area contributed by atoms with Gasteiger partial charge in [0.25, 0.3) is 0 Å². The molecular formula is C13H18BrFN2O3S. The van der Waals surface area contributed by atoms with E-state index in [-0.39, 0.29) is 21.7 Å². The van der Waals surface area contributed by atoms with Crippen molar-refractivity contribution in [3.8, 4) is 5.75 Å². The van der Waals surface area contributed by atoms with Crippen LogP contribution in [0.4, 0.5) is 4.39 Å². The number of halogens is 2. The Labute approximate surface area is 132 Å². The maximum Gasteiger partial charge on any atom is 0.244 e. The predicted molar refractivity (Wildman–Crippen MR) is 81.2 cm³/mol. The summed E-state index contributed by atoms with van der Waals surface area (Å²) in [7, 11) is -2.57. The van der Waals surface area contributed by atoms with E-state index in [9.17, 15) is 12.8 Å². The first-order chi connectivity index (χ1) is 9.83. The van der Waals surface area contributed by atoms with Gasteiger partial charge in [-0.1, -0.05) is 12.8 Å². The number of benzene rings is 1. The number of ether oxygens (including phenoxy) is 1. The maximum atomic E-state index is 13.7. The second-order valence-corrected chi connectivity index (χ2v) is 7.72. The molecule has 0 bridgehead atoms. The van der Waals surface area contributed by atoms with Crippen LogP contribution >= 0.6 is 15.9 Å². The number of hydrogen-bond acceptors (Lipinski definition) is 4. The molecule has 21 heavy (non-hydrogen) atoms. The molecule has 0 saturated heterocycles. The van der Waals surface area contributed by atoms with Crippen LogP contribution in [0.15, 0.2) is 21.5 Å². The number of methoxy groups -OCH3 is 1. The number of hydrogen-bond donors (Lipinski definition) is 2. The van der Waals surface area contributed by atoms with Gasteiger partial charge in [0.15, 0.2) is 0 Å². The zero-order valence-electron chi connectivity index (χ0n) is 11.7. The Bertz CT molecular complexity index is 631. The van der Waals surface area contributed by atoms with Gasteiger partial charge in [-0.25, -0.2) is 17.5 Å². The molecule has 3 N–H and O–H groups in total. The summed E-state index contributed by atoms with van der Waals surface area (Å²) in [6.07, 6.45) is 3.21. The monoisotopic (exact) mass is 380 g/mol. The fourth-order valence-corrected chi connectivity index (χ4v) is 4.58. The molecule has 0 aromatic heterocycles. The Balaban J connectivity index is 2.42. The van der Waals surface area contributed by atoms with E-state index in [0.29, 0.717) is 12.8 Å². The van der Waals surface area contributed by atoms with Gasteiger partial charge >= 0.3 is 0 Å².